The Hall–Kier alpha value is -1.31. The maximum atomic E-state index is 12.2. The summed E-state index contributed by atoms with van der Waals surface area (Å²) in [6.07, 6.45) is -2.49. The van der Waals surface area contributed by atoms with Gasteiger partial charge in [-0.05, 0) is 18.8 Å². The molecule has 2 atom stereocenters. The van der Waals surface area contributed by atoms with Gasteiger partial charge in [0.1, 0.15) is 6.54 Å². The number of nitrogens with zero attached hydrogens (tertiary/aromatic N) is 1. The van der Waals surface area contributed by atoms with E-state index >= 15 is 0 Å². The number of hydrogen-bond acceptors (Lipinski definition) is 3. The number of rotatable bonds is 5. The van der Waals surface area contributed by atoms with E-state index in [9.17, 15) is 22.8 Å². The maximum absolute atomic E-state index is 12.2. The number of carbonyl (C=O) groups is 2. The highest BCUT2D eigenvalue weighted by atomic mass is 19.4. The van der Waals surface area contributed by atoms with Crippen LogP contribution in [0.2, 0.25) is 0 Å². The van der Waals surface area contributed by atoms with Gasteiger partial charge in [0.25, 0.3) is 0 Å². The SMILES string of the molecule is NC(CNC(=O)C1CC(=O)N(CC(F)(F)F)C1)C1CC1. The minimum atomic E-state index is -4.44. The molecule has 2 unspecified atom stereocenters. The monoisotopic (exact) mass is 293 g/mol. The van der Waals surface area contributed by atoms with E-state index in [2.05, 4.69) is 5.32 Å². The van der Waals surface area contributed by atoms with Crippen LogP contribution >= 0.6 is 0 Å². The van der Waals surface area contributed by atoms with Gasteiger partial charge in [-0.15, -0.1) is 0 Å². The van der Waals surface area contributed by atoms with Crippen molar-refractivity contribution in [3.63, 3.8) is 0 Å². The number of nitrogens with one attached hydrogen (secondary N) is 1. The molecule has 0 bridgehead atoms. The largest absolute Gasteiger partial charge is 0.406 e. The molecule has 1 saturated carbocycles. The molecule has 20 heavy (non-hydrogen) atoms. The average molecular weight is 293 g/mol. The number of nitrogens with two attached hydrogens (primary N) is 1. The molecule has 2 rings (SSSR count). The topological polar surface area (TPSA) is 75.4 Å². The van der Waals surface area contributed by atoms with Gasteiger partial charge in [-0.2, -0.15) is 13.2 Å². The fraction of sp³-hybridized carbons (Fsp3) is 0.833. The zero-order chi connectivity index (χ0) is 14.9. The molecule has 2 fully saturated rings. The molecule has 8 heteroatoms. The molecule has 0 aromatic heterocycles. The van der Waals surface area contributed by atoms with E-state index in [0.29, 0.717) is 17.4 Å². The molecule has 1 heterocycles. The van der Waals surface area contributed by atoms with Crippen molar-refractivity contribution in [1.29, 1.82) is 0 Å². The van der Waals surface area contributed by atoms with E-state index < -0.39 is 24.5 Å². The molecule has 5 nitrogen and oxygen atoms in total. The van der Waals surface area contributed by atoms with Crippen molar-refractivity contribution in [2.75, 3.05) is 19.6 Å². The lowest BCUT2D eigenvalue weighted by molar-refractivity contribution is -0.157. The molecule has 0 radical (unpaired) electrons. The van der Waals surface area contributed by atoms with E-state index in [1.807, 2.05) is 0 Å². The summed E-state index contributed by atoms with van der Waals surface area (Å²) in [6, 6.07) is -0.109. The molecule has 0 aromatic rings. The van der Waals surface area contributed by atoms with Crippen LogP contribution in [0.25, 0.3) is 0 Å². The smallest absolute Gasteiger partial charge is 0.354 e. The lowest BCUT2D eigenvalue weighted by Gasteiger charge is -2.18. The summed E-state index contributed by atoms with van der Waals surface area (Å²) in [5.74, 6) is -1.30. The molecule has 0 spiro atoms. The number of amides is 2. The molecule has 0 aromatic carbocycles. The Morgan fingerprint density at radius 1 is 1.45 bits per heavy atom. The van der Waals surface area contributed by atoms with Gasteiger partial charge in [0.15, 0.2) is 0 Å². The molecular weight excluding hydrogens is 275 g/mol. The van der Waals surface area contributed by atoms with Crippen molar-refractivity contribution in [2.24, 2.45) is 17.6 Å². The van der Waals surface area contributed by atoms with Crippen molar-refractivity contribution >= 4 is 11.8 Å². The minimum absolute atomic E-state index is 0.109. The Bertz CT molecular complexity index is 396. The van der Waals surface area contributed by atoms with Crippen LogP contribution in [0.15, 0.2) is 0 Å². The van der Waals surface area contributed by atoms with Crippen molar-refractivity contribution in [3.8, 4) is 0 Å². The van der Waals surface area contributed by atoms with Crippen molar-refractivity contribution in [1.82, 2.24) is 10.2 Å². The normalized spacial score (nSPS) is 24.9. The van der Waals surface area contributed by atoms with Crippen LogP contribution in [0.3, 0.4) is 0 Å². The Labute approximate surface area is 114 Å². The predicted octanol–water partition coefficient (Wildman–Crippen LogP) is 0.251. The first-order valence-corrected chi connectivity index (χ1v) is 6.64. The highest BCUT2D eigenvalue weighted by molar-refractivity contribution is 5.89. The molecule has 1 aliphatic heterocycles. The zero-order valence-corrected chi connectivity index (χ0v) is 10.9. The second-order valence-corrected chi connectivity index (χ2v) is 5.54. The Morgan fingerprint density at radius 3 is 2.65 bits per heavy atom. The van der Waals surface area contributed by atoms with Gasteiger partial charge in [-0.1, -0.05) is 0 Å². The van der Waals surface area contributed by atoms with Gasteiger partial charge in [0.2, 0.25) is 11.8 Å². The summed E-state index contributed by atoms with van der Waals surface area (Å²) in [6.45, 7) is -1.16. The van der Waals surface area contributed by atoms with Crippen LogP contribution in [0.1, 0.15) is 19.3 Å². The first kappa shape index (κ1) is 15.1. The van der Waals surface area contributed by atoms with Crippen LogP contribution in [0.4, 0.5) is 13.2 Å². The van der Waals surface area contributed by atoms with Gasteiger partial charge in [-0.3, -0.25) is 9.59 Å². The van der Waals surface area contributed by atoms with Gasteiger partial charge in [0, 0.05) is 25.6 Å². The fourth-order valence-corrected chi connectivity index (χ4v) is 2.37. The summed E-state index contributed by atoms with van der Waals surface area (Å²) >= 11 is 0. The van der Waals surface area contributed by atoms with Crippen LogP contribution in [-0.2, 0) is 9.59 Å². The lowest BCUT2D eigenvalue weighted by atomic mass is 10.1. The zero-order valence-electron chi connectivity index (χ0n) is 10.9. The average Bonchev–Trinajstić information content (AvgIpc) is 3.11. The number of likely N-dealkylation sites (tertiary alicyclic amines) is 1. The highest BCUT2D eigenvalue weighted by Crippen LogP contribution is 2.31. The van der Waals surface area contributed by atoms with Gasteiger partial charge < -0.3 is 16.0 Å². The summed E-state index contributed by atoms with van der Waals surface area (Å²) in [7, 11) is 0. The molecule has 2 aliphatic rings. The first-order valence-electron chi connectivity index (χ1n) is 6.64. The number of hydrogen-bond donors (Lipinski definition) is 2. The third-order valence-corrected chi connectivity index (χ3v) is 3.69. The van der Waals surface area contributed by atoms with Gasteiger partial charge in [-0.25, -0.2) is 0 Å². The quantitative estimate of drug-likeness (QED) is 0.763. The Morgan fingerprint density at radius 2 is 2.10 bits per heavy atom. The minimum Gasteiger partial charge on any atom is -0.354 e. The van der Waals surface area contributed by atoms with Crippen LogP contribution in [0, 0.1) is 11.8 Å². The van der Waals surface area contributed by atoms with Crippen molar-refractivity contribution < 1.29 is 22.8 Å². The lowest BCUT2D eigenvalue weighted by Crippen LogP contribution is -2.42. The first-order chi connectivity index (χ1) is 9.26. The van der Waals surface area contributed by atoms with E-state index in [1.54, 1.807) is 0 Å². The van der Waals surface area contributed by atoms with Crippen molar-refractivity contribution in [2.45, 2.75) is 31.5 Å². The summed E-state index contributed by atoms with van der Waals surface area (Å²) in [5.41, 5.74) is 5.82. The number of carbonyl (C=O) groups excluding carboxylic acids is 2. The van der Waals surface area contributed by atoms with E-state index in [0.717, 1.165) is 12.8 Å². The molecular formula is C12H18F3N3O2. The van der Waals surface area contributed by atoms with Crippen LogP contribution < -0.4 is 11.1 Å². The van der Waals surface area contributed by atoms with E-state index in [1.165, 1.54) is 0 Å². The summed E-state index contributed by atoms with van der Waals surface area (Å²) in [5, 5.41) is 2.63. The van der Waals surface area contributed by atoms with Gasteiger partial charge >= 0.3 is 6.18 Å². The molecule has 2 amide bonds. The molecule has 1 saturated heterocycles. The third-order valence-electron chi connectivity index (χ3n) is 3.69. The second-order valence-electron chi connectivity index (χ2n) is 5.54. The molecule has 1 aliphatic carbocycles. The Balaban J connectivity index is 1.78. The van der Waals surface area contributed by atoms with E-state index in [4.69, 9.17) is 5.73 Å². The van der Waals surface area contributed by atoms with Crippen molar-refractivity contribution in [3.05, 3.63) is 0 Å². The fourth-order valence-electron chi connectivity index (χ4n) is 2.37. The summed E-state index contributed by atoms with van der Waals surface area (Å²) in [4.78, 5) is 24.0. The van der Waals surface area contributed by atoms with Gasteiger partial charge in [0.05, 0.1) is 5.92 Å². The molecule has 114 valence electrons. The van der Waals surface area contributed by atoms with Crippen LogP contribution in [-0.4, -0.2) is 48.6 Å². The van der Waals surface area contributed by atoms with E-state index in [-0.39, 0.29) is 24.9 Å². The predicted molar refractivity (Wildman–Crippen MR) is 64.5 cm³/mol. The number of alkyl halides is 3. The molecule has 3 N–H and O–H groups in total. The second kappa shape index (κ2) is 5.59. The maximum Gasteiger partial charge on any atom is 0.406 e. The van der Waals surface area contributed by atoms with Crippen LogP contribution in [0.5, 0.6) is 0 Å². The Kier molecular flexibility index (Phi) is 4.22. The highest BCUT2D eigenvalue weighted by Gasteiger charge is 2.40. The number of halogens is 3. The summed E-state index contributed by atoms with van der Waals surface area (Å²) < 4.78 is 36.7. The standard InChI is InChI=1S/C12H18F3N3O2/c13-12(14,15)6-18-5-8(3-10(18)19)11(20)17-4-9(16)7-1-2-7/h7-9H,1-6,16H2,(H,17,20). The third kappa shape index (κ3) is 4.09.